The van der Waals surface area contributed by atoms with Crippen molar-refractivity contribution in [3.05, 3.63) is 53.2 Å². The van der Waals surface area contributed by atoms with Crippen molar-refractivity contribution in [2.24, 2.45) is 10.7 Å². The molecule has 1 aromatic heterocycles. The van der Waals surface area contributed by atoms with Gasteiger partial charge in [0, 0.05) is 0 Å². The van der Waals surface area contributed by atoms with E-state index in [9.17, 15) is 4.39 Å². The van der Waals surface area contributed by atoms with E-state index >= 15 is 0 Å². The number of furan rings is 1. The molecule has 0 atom stereocenters. The van der Waals surface area contributed by atoms with Gasteiger partial charge in [-0.05, 0) is 30.3 Å². The van der Waals surface area contributed by atoms with Crippen molar-refractivity contribution < 1.29 is 8.81 Å². The lowest BCUT2D eigenvalue weighted by molar-refractivity contribution is 0.557. The number of hydrogen-bond acceptors (Lipinski definition) is 2. The zero-order chi connectivity index (χ0) is 11.5. The van der Waals surface area contributed by atoms with E-state index in [1.54, 1.807) is 12.1 Å². The first-order valence-electron chi connectivity index (χ1n) is 4.50. The third-order valence-corrected chi connectivity index (χ3v) is 2.22. The smallest absolute Gasteiger partial charge is 0.168 e. The summed E-state index contributed by atoms with van der Waals surface area (Å²) >= 11 is 5.61. The van der Waals surface area contributed by atoms with Crippen LogP contribution >= 0.6 is 11.6 Å². The first kappa shape index (κ1) is 10.7. The maximum absolute atomic E-state index is 12.9. The van der Waals surface area contributed by atoms with E-state index in [1.165, 1.54) is 24.5 Å². The summed E-state index contributed by atoms with van der Waals surface area (Å²) in [6.45, 7) is 0. The van der Waals surface area contributed by atoms with Crippen LogP contribution in [0.1, 0.15) is 5.76 Å². The number of rotatable bonds is 2. The molecule has 0 saturated heterocycles. The summed E-state index contributed by atoms with van der Waals surface area (Å²) < 4.78 is 17.9. The molecular weight excluding hydrogens is 231 g/mol. The Labute approximate surface area is 96.4 Å². The molecule has 2 aromatic rings. The van der Waals surface area contributed by atoms with Gasteiger partial charge in [0.05, 0.1) is 17.0 Å². The first-order chi connectivity index (χ1) is 7.66. The lowest BCUT2D eigenvalue weighted by Gasteiger charge is -1.98. The van der Waals surface area contributed by atoms with Crippen molar-refractivity contribution in [2.75, 3.05) is 0 Å². The topological polar surface area (TPSA) is 51.5 Å². The molecule has 0 bridgehead atoms. The van der Waals surface area contributed by atoms with Crippen LogP contribution in [0.4, 0.5) is 10.1 Å². The Hall–Kier alpha value is -1.81. The predicted molar refractivity (Wildman–Crippen MR) is 60.5 cm³/mol. The van der Waals surface area contributed by atoms with E-state index in [0.29, 0.717) is 11.4 Å². The number of hydrogen-bond donors (Lipinski definition) is 1. The monoisotopic (exact) mass is 238 g/mol. The molecule has 5 heteroatoms. The standard InChI is InChI=1S/C11H8ClFN2O/c12-8-6-7(3-4-9(8)13)15-11(14)10-2-1-5-16-10/h1-6H,(H2,14,15). The van der Waals surface area contributed by atoms with Gasteiger partial charge in [0.2, 0.25) is 0 Å². The highest BCUT2D eigenvalue weighted by atomic mass is 35.5. The molecule has 0 fully saturated rings. The molecule has 0 aliphatic rings. The lowest BCUT2D eigenvalue weighted by atomic mass is 10.3. The third kappa shape index (κ3) is 2.23. The van der Waals surface area contributed by atoms with Gasteiger partial charge >= 0.3 is 0 Å². The summed E-state index contributed by atoms with van der Waals surface area (Å²) in [6.07, 6.45) is 1.50. The van der Waals surface area contributed by atoms with Crippen molar-refractivity contribution in [3.8, 4) is 0 Å². The molecule has 0 radical (unpaired) electrons. The number of aliphatic imine (C=N–C) groups is 1. The number of benzene rings is 1. The Morgan fingerprint density at radius 1 is 1.38 bits per heavy atom. The summed E-state index contributed by atoms with van der Waals surface area (Å²) in [5.74, 6) is 0.185. The highest BCUT2D eigenvalue weighted by molar-refractivity contribution is 6.31. The minimum atomic E-state index is -0.489. The molecule has 0 spiro atoms. The Bertz CT molecular complexity index is 523. The van der Waals surface area contributed by atoms with Crippen LogP contribution < -0.4 is 5.73 Å². The maximum Gasteiger partial charge on any atom is 0.168 e. The molecule has 16 heavy (non-hydrogen) atoms. The van der Waals surface area contributed by atoms with E-state index < -0.39 is 5.82 Å². The molecule has 0 amide bonds. The molecule has 0 saturated carbocycles. The Balaban J connectivity index is 2.32. The molecule has 3 nitrogen and oxygen atoms in total. The first-order valence-corrected chi connectivity index (χ1v) is 4.88. The SMILES string of the molecule is NC(=Nc1ccc(F)c(Cl)c1)c1ccco1. The molecule has 1 heterocycles. The van der Waals surface area contributed by atoms with Gasteiger partial charge in [0.25, 0.3) is 0 Å². The highest BCUT2D eigenvalue weighted by Crippen LogP contribution is 2.21. The van der Waals surface area contributed by atoms with Crippen LogP contribution in [0.25, 0.3) is 0 Å². The second-order valence-electron chi connectivity index (χ2n) is 3.07. The fourth-order valence-corrected chi connectivity index (χ4v) is 1.35. The van der Waals surface area contributed by atoms with E-state index in [2.05, 4.69) is 4.99 Å². The molecule has 0 unspecified atom stereocenters. The van der Waals surface area contributed by atoms with Gasteiger partial charge in [-0.25, -0.2) is 9.38 Å². The molecular formula is C11H8ClFN2O. The zero-order valence-electron chi connectivity index (χ0n) is 8.15. The second-order valence-corrected chi connectivity index (χ2v) is 3.48. The van der Waals surface area contributed by atoms with Crippen molar-refractivity contribution in [1.29, 1.82) is 0 Å². The molecule has 1 aromatic carbocycles. The highest BCUT2D eigenvalue weighted by Gasteiger charge is 2.03. The maximum atomic E-state index is 12.9. The van der Waals surface area contributed by atoms with Gasteiger partial charge in [-0.1, -0.05) is 11.6 Å². The van der Waals surface area contributed by atoms with Gasteiger partial charge in [-0.15, -0.1) is 0 Å². The number of nitrogens with two attached hydrogens (primary N) is 1. The average Bonchev–Trinajstić information content (AvgIpc) is 2.77. The van der Waals surface area contributed by atoms with Crippen molar-refractivity contribution in [1.82, 2.24) is 0 Å². The van der Waals surface area contributed by atoms with Crippen LogP contribution in [-0.2, 0) is 0 Å². The van der Waals surface area contributed by atoms with E-state index in [0.717, 1.165) is 0 Å². The number of nitrogens with zero attached hydrogens (tertiary/aromatic N) is 1. The van der Waals surface area contributed by atoms with Crippen LogP contribution in [0, 0.1) is 5.82 Å². The average molecular weight is 239 g/mol. The third-order valence-electron chi connectivity index (χ3n) is 1.93. The van der Waals surface area contributed by atoms with E-state index in [4.69, 9.17) is 21.8 Å². The number of amidine groups is 1. The summed E-state index contributed by atoms with van der Waals surface area (Å²) in [5.41, 5.74) is 6.15. The largest absolute Gasteiger partial charge is 0.461 e. The molecule has 0 aliphatic heterocycles. The van der Waals surface area contributed by atoms with Crippen LogP contribution in [0.15, 0.2) is 46.0 Å². The number of halogens is 2. The Kier molecular flexibility index (Phi) is 2.92. The fourth-order valence-electron chi connectivity index (χ4n) is 1.17. The summed E-state index contributed by atoms with van der Waals surface area (Å²) in [5, 5.41) is 0.00787. The van der Waals surface area contributed by atoms with E-state index in [1.807, 2.05) is 0 Å². The van der Waals surface area contributed by atoms with Crippen LogP contribution in [0.3, 0.4) is 0 Å². The molecule has 2 N–H and O–H groups in total. The summed E-state index contributed by atoms with van der Waals surface area (Å²) in [7, 11) is 0. The van der Waals surface area contributed by atoms with Crippen molar-refractivity contribution in [2.45, 2.75) is 0 Å². The van der Waals surface area contributed by atoms with Crippen LogP contribution in [0.2, 0.25) is 5.02 Å². The van der Waals surface area contributed by atoms with Crippen molar-refractivity contribution >= 4 is 23.1 Å². The predicted octanol–water partition coefficient (Wildman–Crippen LogP) is 3.11. The van der Waals surface area contributed by atoms with Gasteiger partial charge in [-0.3, -0.25) is 0 Å². The summed E-state index contributed by atoms with van der Waals surface area (Å²) in [4.78, 5) is 4.05. The lowest BCUT2D eigenvalue weighted by Crippen LogP contribution is -2.11. The van der Waals surface area contributed by atoms with Crippen LogP contribution in [-0.4, -0.2) is 5.84 Å². The quantitative estimate of drug-likeness (QED) is 0.646. The minimum Gasteiger partial charge on any atom is -0.461 e. The summed E-state index contributed by atoms with van der Waals surface area (Å²) in [6, 6.07) is 7.50. The zero-order valence-corrected chi connectivity index (χ0v) is 8.91. The molecule has 2 rings (SSSR count). The van der Waals surface area contributed by atoms with Crippen molar-refractivity contribution in [3.63, 3.8) is 0 Å². The second kappa shape index (κ2) is 4.37. The molecule has 0 aliphatic carbocycles. The Morgan fingerprint density at radius 2 is 2.19 bits per heavy atom. The van der Waals surface area contributed by atoms with E-state index in [-0.39, 0.29) is 10.9 Å². The normalized spacial score (nSPS) is 11.8. The van der Waals surface area contributed by atoms with Gasteiger partial charge in [-0.2, -0.15) is 0 Å². The van der Waals surface area contributed by atoms with Gasteiger partial charge in [0.1, 0.15) is 5.82 Å². The van der Waals surface area contributed by atoms with Gasteiger partial charge in [0.15, 0.2) is 11.6 Å². The fraction of sp³-hybridized carbons (Fsp3) is 0. The minimum absolute atomic E-state index is 0.00787. The van der Waals surface area contributed by atoms with Crippen LogP contribution in [0.5, 0.6) is 0 Å². The molecule has 82 valence electrons. The Morgan fingerprint density at radius 3 is 2.81 bits per heavy atom. The van der Waals surface area contributed by atoms with Gasteiger partial charge < -0.3 is 10.2 Å².